The lowest BCUT2D eigenvalue weighted by Crippen LogP contribution is -2.50. The van der Waals surface area contributed by atoms with E-state index in [1.807, 2.05) is 47.4 Å². The molecule has 2 fully saturated rings. The summed E-state index contributed by atoms with van der Waals surface area (Å²) in [7, 11) is 0. The SMILES string of the molecule is CC(=O)Oc1ccc(N2C(=O)[C@@H]3[C@H](C2=O)[C@@H](C(=O)n2nnc4ccccc42)N2c4ccccc4C=C[C@H]32)cc1. The summed E-state index contributed by atoms with van der Waals surface area (Å²) in [6.45, 7) is 1.29. The second-order valence-electron chi connectivity index (χ2n) is 9.74. The number of ether oxygens (including phenoxy) is 1. The van der Waals surface area contributed by atoms with E-state index < -0.39 is 41.7 Å². The van der Waals surface area contributed by atoms with Crippen LogP contribution >= 0.6 is 0 Å². The second kappa shape index (κ2) is 8.45. The zero-order valence-corrected chi connectivity index (χ0v) is 20.7. The highest BCUT2D eigenvalue weighted by Gasteiger charge is 2.64. The van der Waals surface area contributed by atoms with Gasteiger partial charge >= 0.3 is 5.97 Å². The molecule has 2 amide bonds. The number of amides is 2. The third-order valence-corrected chi connectivity index (χ3v) is 7.58. The normalized spacial score (nSPS) is 23.1. The summed E-state index contributed by atoms with van der Waals surface area (Å²) in [5, 5.41) is 8.26. The minimum absolute atomic E-state index is 0.301. The van der Waals surface area contributed by atoms with E-state index in [0.717, 1.165) is 16.2 Å². The smallest absolute Gasteiger partial charge is 0.308 e. The minimum Gasteiger partial charge on any atom is -0.427 e. The first-order chi connectivity index (χ1) is 18.9. The maximum atomic E-state index is 14.2. The number of nitrogens with zero attached hydrogens (tertiary/aromatic N) is 5. The third kappa shape index (κ3) is 3.34. The number of hydrogen-bond acceptors (Lipinski definition) is 8. The quantitative estimate of drug-likeness (QED) is 0.230. The first-order valence-corrected chi connectivity index (χ1v) is 12.5. The minimum atomic E-state index is -0.988. The molecule has 7 rings (SSSR count). The summed E-state index contributed by atoms with van der Waals surface area (Å²) in [6.07, 6.45) is 3.82. The molecule has 0 aliphatic carbocycles. The van der Waals surface area contributed by atoms with Crippen molar-refractivity contribution in [2.75, 3.05) is 9.80 Å². The molecule has 0 unspecified atom stereocenters. The summed E-state index contributed by atoms with van der Waals surface area (Å²) in [5.41, 5.74) is 3.10. The van der Waals surface area contributed by atoms with Crippen LogP contribution in [-0.4, -0.2) is 50.8 Å². The number of carbonyl (C=O) groups is 4. The van der Waals surface area contributed by atoms with Crippen LogP contribution in [-0.2, 0) is 14.4 Å². The van der Waals surface area contributed by atoms with E-state index in [0.29, 0.717) is 22.5 Å². The summed E-state index contributed by atoms with van der Waals surface area (Å²) < 4.78 is 6.32. The van der Waals surface area contributed by atoms with E-state index in [2.05, 4.69) is 10.3 Å². The Bertz CT molecular complexity index is 1730. The van der Waals surface area contributed by atoms with Gasteiger partial charge in [-0.15, -0.1) is 5.10 Å². The van der Waals surface area contributed by atoms with Crippen LogP contribution in [0, 0.1) is 11.8 Å². The molecule has 4 aromatic rings. The van der Waals surface area contributed by atoms with Crippen LogP contribution < -0.4 is 14.5 Å². The molecule has 192 valence electrons. The van der Waals surface area contributed by atoms with Gasteiger partial charge in [0.15, 0.2) is 0 Å². The standard InChI is InChI=1S/C29H21N5O5/c1-16(35)39-19-13-11-18(12-14-19)32-27(36)24-23-15-10-17-6-2-4-8-21(17)33(23)26(25(24)28(32)37)29(38)34-22-9-5-3-7-20(22)30-31-34/h2-15,23-26H,1H3/t23-,24+,25+,26+/m1/s1. The number of hydrogen-bond donors (Lipinski definition) is 0. The molecule has 39 heavy (non-hydrogen) atoms. The van der Waals surface area contributed by atoms with E-state index in [4.69, 9.17) is 4.74 Å². The predicted octanol–water partition coefficient (Wildman–Crippen LogP) is 3.09. The fraction of sp³-hybridized carbons (Fsp3) is 0.172. The van der Waals surface area contributed by atoms with E-state index in [-0.39, 0.29) is 5.91 Å². The summed E-state index contributed by atoms with van der Waals surface area (Å²) >= 11 is 0. The van der Waals surface area contributed by atoms with E-state index >= 15 is 0 Å². The largest absolute Gasteiger partial charge is 0.427 e. The lowest BCUT2D eigenvalue weighted by atomic mass is 9.88. The molecule has 0 spiro atoms. The zero-order chi connectivity index (χ0) is 26.8. The molecule has 10 nitrogen and oxygen atoms in total. The summed E-state index contributed by atoms with van der Waals surface area (Å²) in [4.78, 5) is 56.5. The molecule has 2 saturated heterocycles. The lowest BCUT2D eigenvalue weighted by Gasteiger charge is -2.36. The number of benzene rings is 3. The van der Waals surface area contributed by atoms with Crippen molar-refractivity contribution >= 4 is 52.2 Å². The summed E-state index contributed by atoms with van der Waals surface area (Å²) in [6, 6.07) is 19.4. The first-order valence-electron chi connectivity index (χ1n) is 12.5. The van der Waals surface area contributed by atoms with Crippen LogP contribution in [0.2, 0.25) is 0 Å². The van der Waals surface area contributed by atoms with E-state index in [1.54, 1.807) is 30.3 Å². The van der Waals surface area contributed by atoms with Crippen molar-refractivity contribution < 1.29 is 23.9 Å². The molecule has 10 heteroatoms. The topological polar surface area (TPSA) is 115 Å². The fourth-order valence-corrected chi connectivity index (χ4v) is 6.04. The van der Waals surface area contributed by atoms with Gasteiger partial charge in [0.25, 0.3) is 5.91 Å². The van der Waals surface area contributed by atoms with Crippen LogP contribution in [0.4, 0.5) is 11.4 Å². The van der Waals surface area contributed by atoms with Crippen LogP contribution in [0.5, 0.6) is 5.75 Å². The van der Waals surface area contributed by atoms with Gasteiger partial charge in [-0.05, 0) is 48.0 Å². The Morgan fingerprint density at radius 1 is 0.872 bits per heavy atom. The lowest BCUT2D eigenvalue weighted by molar-refractivity contribution is -0.132. The Labute approximate surface area is 222 Å². The van der Waals surface area contributed by atoms with Gasteiger partial charge in [-0.2, -0.15) is 4.68 Å². The van der Waals surface area contributed by atoms with Crippen molar-refractivity contribution in [1.29, 1.82) is 0 Å². The molecule has 0 radical (unpaired) electrons. The molecule has 3 aromatic carbocycles. The van der Waals surface area contributed by atoms with Gasteiger partial charge < -0.3 is 9.64 Å². The van der Waals surface area contributed by atoms with Crippen molar-refractivity contribution in [3.8, 4) is 5.75 Å². The van der Waals surface area contributed by atoms with Crippen molar-refractivity contribution in [3.05, 3.63) is 84.4 Å². The van der Waals surface area contributed by atoms with Gasteiger partial charge in [0, 0.05) is 12.6 Å². The Morgan fingerprint density at radius 3 is 2.38 bits per heavy atom. The maximum Gasteiger partial charge on any atom is 0.308 e. The highest BCUT2D eigenvalue weighted by atomic mass is 16.5. The monoisotopic (exact) mass is 519 g/mol. The van der Waals surface area contributed by atoms with Gasteiger partial charge in [-0.25, -0.2) is 4.90 Å². The Morgan fingerprint density at radius 2 is 1.59 bits per heavy atom. The average Bonchev–Trinajstić information content (AvgIpc) is 3.60. The second-order valence-corrected chi connectivity index (χ2v) is 9.74. The molecule has 0 saturated carbocycles. The zero-order valence-electron chi connectivity index (χ0n) is 20.7. The number of rotatable bonds is 3. The molecular formula is C29H21N5O5. The molecule has 0 bridgehead atoms. The van der Waals surface area contributed by atoms with Crippen molar-refractivity contribution in [1.82, 2.24) is 15.0 Å². The maximum absolute atomic E-state index is 14.2. The third-order valence-electron chi connectivity index (χ3n) is 7.58. The molecule has 4 atom stereocenters. The molecule has 4 heterocycles. The number of esters is 1. The number of para-hydroxylation sites is 2. The van der Waals surface area contributed by atoms with Crippen LogP contribution in [0.1, 0.15) is 17.3 Å². The van der Waals surface area contributed by atoms with Gasteiger partial charge in [-0.3, -0.25) is 19.2 Å². The number of imide groups is 1. The van der Waals surface area contributed by atoms with Crippen molar-refractivity contribution in [2.24, 2.45) is 11.8 Å². The highest BCUT2D eigenvalue weighted by molar-refractivity contribution is 6.25. The molecular weight excluding hydrogens is 498 g/mol. The van der Waals surface area contributed by atoms with Crippen LogP contribution in [0.15, 0.2) is 78.9 Å². The molecule has 3 aliphatic rings. The van der Waals surface area contributed by atoms with E-state index in [1.165, 1.54) is 23.7 Å². The number of carbonyl (C=O) groups excluding carboxylic acids is 4. The Balaban J connectivity index is 1.34. The van der Waals surface area contributed by atoms with Gasteiger partial charge in [-0.1, -0.05) is 47.7 Å². The van der Waals surface area contributed by atoms with Crippen LogP contribution in [0.3, 0.4) is 0 Å². The molecule has 1 aromatic heterocycles. The predicted molar refractivity (Wildman–Crippen MR) is 141 cm³/mol. The van der Waals surface area contributed by atoms with Crippen molar-refractivity contribution in [2.45, 2.75) is 19.0 Å². The first kappa shape index (κ1) is 23.0. The summed E-state index contributed by atoms with van der Waals surface area (Å²) in [5.74, 6) is -3.18. The van der Waals surface area contributed by atoms with Gasteiger partial charge in [0.1, 0.15) is 17.3 Å². The molecule has 3 aliphatic heterocycles. The average molecular weight is 520 g/mol. The fourth-order valence-electron chi connectivity index (χ4n) is 6.04. The number of fused-ring (bicyclic) bond motifs is 6. The van der Waals surface area contributed by atoms with Gasteiger partial charge in [0.05, 0.1) is 29.1 Å². The van der Waals surface area contributed by atoms with E-state index in [9.17, 15) is 19.2 Å². The molecule has 0 N–H and O–H groups in total. The number of anilines is 2. The van der Waals surface area contributed by atoms with Crippen molar-refractivity contribution in [3.63, 3.8) is 0 Å². The Hall–Kier alpha value is -5.12. The number of aromatic nitrogens is 3. The van der Waals surface area contributed by atoms with Crippen LogP contribution in [0.25, 0.3) is 17.1 Å². The highest BCUT2D eigenvalue weighted by Crippen LogP contribution is 2.49. The Kier molecular flexibility index (Phi) is 4.99. The van der Waals surface area contributed by atoms with Gasteiger partial charge in [0.2, 0.25) is 11.8 Å².